The van der Waals surface area contributed by atoms with Gasteiger partial charge in [-0.15, -0.1) is 0 Å². The topological polar surface area (TPSA) is 57.6 Å². The van der Waals surface area contributed by atoms with Gasteiger partial charge in [0.15, 0.2) is 11.0 Å². The third-order valence-electron chi connectivity index (χ3n) is 3.00. The van der Waals surface area contributed by atoms with Crippen molar-refractivity contribution in [3.05, 3.63) is 60.2 Å². The lowest BCUT2D eigenvalue weighted by Gasteiger charge is -2.22. The van der Waals surface area contributed by atoms with Gasteiger partial charge in [0.25, 0.3) is 0 Å². The molecule has 0 radical (unpaired) electrons. The average Bonchev–Trinajstić information content (AvgIpc) is 2.49. The van der Waals surface area contributed by atoms with Crippen LogP contribution in [-0.2, 0) is 15.8 Å². The van der Waals surface area contributed by atoms with Crippen LogP contribution in [0.25, 0.3) is 0 Å². The molecular formula is C16H17NO3S. The molecule has 110 valence electrons. The largest absolute Gasteiger partial charge is 0.481 e. The Morgan fingerprint density at radius 2 is 1.71 bits per heavy atom. The van der Waals surface area contributed by atoms with E-state index in [1.54, 1.807) is 4.31 Å². The molecule has 0 amide bonds. The minimum Gasteiger partial charge on any atom is -0.481 e. The molecule has 0 aliphatic heterocycles. The maximum atomic E-state index is 12.7. The van der Waals surface area contributed by atoms with Gasteiger partial charge in [-0.1, -0.05) is 35.9 Å². The maximum Gasteiger partial charge on any atom is 0.305 e. The number of rotatable bonds is 6. The van der Waals surface area contributed by atoms with Gasteiger partial charge < -0.3 is 5.11 Å². The van der Waals surface area contributed by atoms with Crippen LogP contribution < -0.4 is 4.31 Å². The third-order valence-corrected chi connectivity index (χ3v) is 4.46. The van der Waals surface area contributed by atoms with E-state index in [1.165, 1.54) is 0 Å². The predicted octanol–water partition coefficient (Wildman–Crippen LogP) is 3.00. The third kappa shape index (κ3) is 4.16. The van der Waals surface area contributed by atoms with Gasteiger partial charge in [-0.3, -0.25) is 9.10 Å². The van der Waals surface area contributed by atoms with Crippen LogP contribution in [-0.4, -0.2) is 21.8 Å². The van der Waals surface area contributed by atoms with E-state index < -0.39 is 17.0 Å². The maximum absolute atomic E-state index is 12.7. The number of anilines is 1. The van der Waals surface area contributed by atoms with Crippen LogP contribution in [0.4, 0.5) is 5.69 Å². The second-order valence-corrected chi connectivity index (χ2v) is 6.05. The Labute approximate surface area is 126 Å². The van der Waals surface area contributed by atoms with E-state index in [0.717, 1.165) is 11.3 Å². The van der Waals surface area contributed by atoms with Crippen LogP contribution in [0, 0.1) is 6.92 Å². The zero-order valence-corrected chi connectivity index (χ0v) is 12.5. The van der Waals surface area contributed by atoms with Gasteiger partial charge in [-0.05, 0) is 31.2 Å². The van der Waals surface area contributed by atoms with E-state index in [0.29, 0.717) is 4.90 Å². The van der Waals surface area contributed by atoms with Crippen molar-refractivity contribution in [2.45, 2.75) is 18.2 Å². The zero-order valence-electron chi connectivity index (χ0n) is 11.7. The molecule has 21 heavy (non-hydrogen) atoms. The summed E-state index contributed by atoms with van der Waals surface area (Å²) in [6.45, 7) is 2.16. The summed E-state index contributed by atoms with van der Waals surface area (Å²) in [5.41, 5.74) is 1.84. The number of benzene rings is 2. The fourth-order valence-corrected chi connectivity index (χ4v) is 3.07. The number of carboxylic acids is 1. The molecule has 0 bridgehead atoms. The number of hydrogen-bond acceptors (Lipinski definition) is 2. The van der Waals surface area contributed by atoms with Crippen molar-refractivity contribution in [1.82, 2.24) is 0 Å². The molecule has 0 fully saturated rings. The molecule has 2 aromatic rings. The number of aliphatic carboxylic acids is 1. The number of carboxylic acid groups (broad SMARTS) is 1. The van der Waals surface area contributed by atoms with Crippen molar-refractivity contribution in [3.63, 3.8) is 0 Å². The molecule has 0 aromatic heterocycles. The molecule has 0 saturated carbocycles. The lowest BCUT2D eigenvalue weighted by Crippen LogP contribution is -2.28. The van der Waals surface area contributed by atoms with Gasteiger partial charge >= 0.3 is 5.97 Å². The summed E-state index contributed by atoms with van der Waals surface area (Å²) < 4.78 is 14.3. The molecule has 0 aliphatic rings. The van der Waals surface area contributed by atoms with Gasteiger partial charge in [-0.2, -0.15) is 0 Å². The summed E-state index contributed by atoms with van der Waals surface area (Å²) in [6.07, 6.45) is -0.0630. The Bertz CT molecular complexity index is 626. The highest BCUT2D eigenvalue weighted by atomic mass is 32.2. The van der Waals surface area contributed by atoms with Crippen molar-refractivity contribution < 1.29 is 14.1 Å². The molecule has 1 atom stereocenters. The molecule has 1 unspecified atom stereocenters. The Balaban J connectivity index is 2.28. The average molecular weight is 303 g/mol. The standard InChI is InChI=1S/C16H17NO3S/c1-13-7-9-15(10-8-13)21(20)17(12-11-16(18)19)14-5-3-2-4-6-14/h2-10H,11-12H2,1H3,(H,18,19). The molecule has 5 heteroatoms. The quantitative estimate of drug-likeness (QED) is 0.892. The van der Waals surface area contributed by atoms with Gasteiger partial charge in [0, 0.05) is 12.2 Å². The van der Waals surface area contributed by atoms with Gasteiger partial charge in [0.1, 0.15) is 0 Å². The number of carbonyl (C=O) groups is 1. The molecule has 0 aliphatic carbocycles. The molecule has 4 nitrogen and oxygen atoms in total. The lowest BCUT2D eigenvalue weighted by atomic mass is 10.2. The number of hydrogen-bond donors (Lipinski definition) is 1. The van der Waals surface area contributed by atoms with Crippen LogP contribution in [0.1, 0.15) is 12.0 Å². The Kier molecular flexibility index (Phi) is 5.11. The SMILES string of the molecule is Cc1ccc(S(=O)N(CCC(=O)O)c2ccccc2)cc1. The second-order valence-electron chi connectivity index (χ2n) is 4.64. The first-order valence-corrected chi connectivity index (χ1v) is 7.71. The molecule has 2 aromatic carbocycles. The second kappa shape index (κ2) is 7.04. The minimum absolute atomic E-state index is 0.0630. The lowest BCUT2D eigenvalue weighted by molar-refractivity contribution is -0.136. The van der Waals surface area contributed by atoms with Crippen molar-refractivity contribution in [2.24, 2.45) is 0 Å². The van der Waals surface area contributed by atoms with Crippen LogP contribution in [0.2, 0.25) is 0 Å². The van der Waals surface area contributed by atoms with Crippen molar-refractivity contribution in [1.29, 1.82) is 0 Å². The number of para-hydroxylation sites is 1. The van der Waals surface area contributed by atoms with Gasteiger partial charge in [0.2, 0.25) is 0 Å². The van der Waals surface area contributed by atoms with E-state index in [2.05, 4.69) is 0 Å². The van der Waals surface area contributed by atoms with E-state index in [9.17, 15) is 9.00 Å². The van der Waals surface area contributed by atoms with Crippen LogP contribution in [0.5, 0.6) is 0 Å². The van der Waals surface area contributed by atoms with Crippen molar-refractivity contribution >= 4 is 22.6 Å². The molecule has 0 saturated heterocycles. The smallest absolute Gasteiger partial charge is 0.305 e. The summed E-state index contributed by atoms with van der Waals surface area (Å²) in [4.78, 5) is 11.5. The minimum atomic E-state index is -1.43. The first-order chi connectivity index (χ1) is 10.1. The summed E-state index contributed by atoms with van der Waals surface area (Å²) in [6, 6.07) is 16.6. The molecule has 1 N–H and O–H groups in total. The van der Waals surface area contributed by atoms with Gasteiger partial charge in [0.05, 0.1) is 11.3 Å². The van der Waals surface area contributed by atoms with Crippen LogP contribution >= 0.6 is 0 Å². The summed E-state index contributed by atoms with van der Waals surface area (Å²) >= 11 is 0. The summed E-state index contributed by atoms with van der Waals surface area (Å²) in [5, 5.41) is 8.87. The number of aryl methyl sites for hydroxylation is 1. The van der Waals surface area contributed by atoms with Crippen LogP contribution in [0.15, 0.2) is 59.5 Å². The van der Waals surface area contributed by atoms with Crippen LogP contribution in [0.3, 0.4) is 0 Å². The first-order valence-electron chi connectivity index (χ1n) is 6.61. The van der Waals surface area contributed by atoms with Crippen molar-refractivity contribution in [3.8, 4) is 0 Å². The van der Waals surface area contributed by atoms with E-state index in [-0.39, 0.29) is 13.0 Å². The Hall–Kier alpha value is -2.14. The molecule has 0 spiro atoms. The molecule has 0 heterocycles. The van der Waals surface area contributed by atoms with E-state index in [4.69, 9.17) is 5.11 Å². The van der Waals surface area contributed by atoms with E-state index in [1.807, 2.05) is 61.5 Å². The fourth-order valence-electron chi connectivity index (χ4n) is 1.88. The molecular weight excluding hydrogens is 286 g/mol. The summed E-state index contributed by atoms with van der Waals surface area (Å²) in [7, 11) is -1.43. The summed E-state index contributed by atoms with van der Waals surface area (Å²) in [5.74, 6) is -0.906. The first kappa shape index (κ1) is 15.3. The highest BCUT2D eigenvalue weighted by Gasteiger charge is 2.17. The van der Waals surface area contributed by atoms with Crippen molar-refractivity contribution in [2.75, 3.05) is 10.8 Å². The van der Waals surface area contributed by atoms with E-state index >= 15 is 0 Å². The van der Waals surface area contributed by atoms with Gasteiger partial charge in [-0.25, -0.2) is 4.21 Å². The fraction of sp³-hybridized carbons (Fsp3) is 0.188. The predicted molar refractivity (Wildman–Crippen MR) is 83.6 cm³/mol. The zero-order chi connectivity index (χ0) is 15.2. The highest BCUT2D eigenvalue weighted by Crippen LogP contribution is 2.21. The Morgan fingerprint density at radius 1 is 1.10 bits per heavy atom. The molecule has 2 rings (SSSR count). The monoisotopic (exact) mass is 303 g/mol. The number of nitrogens with zero attached hydrogens (tertiary/aromatic N) is 1. The Morgan fingerprint density at radius 3 is 2.29 bits per heavy atom. The normalized spacial score (nSPS) is 11.9. The highest BCUT2D eigenvalue weighted by molar-refractivity contribution is 7.86.